The summed E-state index contributed by atoms with van der Waals surface area (Å²) in [5, 5.41) is 5.64. The van der Waals surface area contributed by atoms with Crippen LogP contribution < -0.4 is 10.6 Å². The lowest BCUT2D eigenvalue weighted by molar-refractivity contribution is 0.0939. The molecule has 4 heteroatoms. The Balaban J connectivity index is 2.60. The number of hydrogen-bond donors (Lipinski definition) is 2. The molecule has 4 nitrogen and oxygen atoms in total. The zero-order chi connectivity index (χ0) is 14.3. The first kappa shape index (κ1) is 15.2. The minimum atomic E-state index is -0.103. The number of nitrogens with one attached hydrogen (secondary N) is 2. The van der Waals surface area contributed by atoms with Crippen molar-refractivity contribution in [1.29, 1.82) is 0 Å². The monoisotopic (exact) mass is 262 g/mol. The minimum absolute atomic E-state index is 0.101. The smallest absolute Gasteiger partial charge is 0.251 e. The molecule has 2 N–H and O–H groups in total. The van der Waals surface area contributed by atoms with Crippen molar-refractivity contribution < 1.29 is 9.59 Å². The van der Waals surface area contributed by atoms with Crippen molar-refractivity contribution in [2.75, 3.05) is 13.1 Å². The second-order valence-corrected chi connectivity index (χ2v) is 4.94. The van der Waals surface area contributed by atoms with Crippen molar-refractivity contribution in [3.8, 4) is 0 Å². The van der Waals surface area contributed by atoms with Gasteiger partial charge in [-0.1, -0.05) is 20.8 Å². The lowest BCUT2D eigenvalue weighted by Crippen LogP contribution is -2.27. The normalized spacial score (nSPS) is 10.3. The molecule has 19 heavy (non-hydrogen) atoms. The van der Waals surface area contributed by atoms with Gasteiger partial charge in [0.25, 0.3) is 11.8 Å². The number of benzene rings is 1. The fourth-order valence-electron chi connectivity index (χ4n) is 1.51. The highest BCUT2D eigenvalue weighted by atomic mass is 16.2. The molecule has 104 valence electrons. The highest BCUT2D eigenvalue weighted by molar-refractivity contribution is 5.97. The van der Waals surface area contributed by atoms with Crippen molar-refractivity contribution >= 4 is 11.8 Å². The maximum absolute atomic E-state index is 11.8. The molecule has 2 amide bonds. The van der Waals surface area contributed by atoms with Gasteiger partial charge in [-0.3, -0.25) is 9.59 Å². The van der Waals surface area contributed by atoms with E-state index < -0.39 is 0 Å². The predicted octanol–water partition coefficient (Wildman–Crippen LogP) is 2.21. The quantitative estimate of drug-likeness (QED) is 0.825. The van der Waals surface area contributed by atoms with Crippen molar-refractivity contribution in [3.05, 3.63) is 35.4 Å². The summed E-state index contributed by atoms with van der Waals surface area (Å²) < 4.78 is 0. The Hall–Kier alpha value is -1.84. The molecule has 0 radical (unpaired) electrons. The van der Waals surface area contributed by atoms with E-state index >= 15 is 0 Å². The van der Waals surface area contributed by atoms with Crippen LogP contribution in [-0.2, 0) is 0 Å². The molecule has 0 spiro atoms. The third-order valence-electron chi connectivity index (χ3n) is 2.62. The summed E-state index contributed by atoms with van der Waals surface area (Å²) in [5.41, 5.74) is 1.15. The van der Waals surface area contributed by atoms with Crippen LogP contribution in [0.2, 0.25) is 0 Å². The molecule has 0 aromatic heterocycles. The largest absolute Gasteiger partial charge is 0.352 e. The van der Waals surface area contributed by atoms with Crippen LogP contribution in [0, 0.1) is 5.92 Å². The lowest BCUT2D eigenvalue weighted by atomic mass is 10.1. The maximum atomic E-state index is 11.8. The van der Waals surface area contributed by atoms with Crippen LogP contribution in [0.4, 0.5) is 0 Å². The molecule has 1 aromatic carbocycles. The van der Waals surface area contributed by atoms with Crippen molar-refractivity contribution in [1.82, 2.24) is 10.6 Å². The van der Waals surface area contributed by atoms with Crippen molar-refractivity contribution in [3.63, 3.8) is 0 Å². The minimum Gasteiger partial charge on any atom is -0.352 e. The molecule has 0 saturated carbocycles. The van der Waals surface area contributed by atoms with Gasteiger partial charge in [-0.25, -0.2) is 0 Å². The van der Waals surface area contributed by atoms with Crippen LogP contribution in [0.25, 0.3) is 0 Å². The molecule has 0 aliphatic rings. The topological polar surface area (TPSA) is 58.2 Å². The molecular formula is C15H22N2O2. The van der Waals surface area contributed by atoms with E-state index in [9.17, 15) is 9.59 Å². The zero-order valence-electron chi connectivity index (χ0n) is 11.8. The molecule has 0 bridgehead atoms. The van der Waals surface area contributed by atoms with Crippen LogP contribution >= 0.6 is 0 Å². The van der Waals surface area contributed by atoms with Crippen LogP contribution in [0.1, 0.15) is 47.9 Å². The zero-order valence-corrected chi connectivity index (χ0v) is 11.8. The summed E-state index contributed by atoms with van der Waals surface area (Å²) in [6.07, 6.45) is 0.904. The van der Waals surface area contributed by atoms with Crippen LogP contribution in [0.5, 0.6) is 0 Å². The molecular weight excluding hydrogens is 240 g/mol. The van der Waals surface area contributed by atoms with Gasteiger partial charge in [-0.05, 0) is 36.6 Å². The van der Waals surface area contributed by atoms with Crippen molar-refractivity contribution in [2.45, 2.75) is 27.2 Å². The first-order valence-corrected chi connectivity index (χ1v) is 6.71. The number of hydrogen-bond acceptors (Lipinski definition) is 2. The highest BCUT2D eigenvalue weighted by Crippen LogP contribution is 2.05. The second kappa shape index (κ2) is 7.56. The summed E-state index contributed by atoms with van der Waals surface area (Å²) in [6.45, 7) is 7.40. The highest BCUT2D eigenvalue weighted by Gasteiger charge is 2.08. The average Bonchev–Trinajstić information content (AvgIpc) is 2.42. The van der Waals surface area contributed by atoms with Gasteiger partial charge in [0.05, 0.1) is 0 Å². The van der Waals surface area contributed by atoms with E-state index in [1.165, 1.54) is 0 Å². The Morgan fingerprint density at radius 3 is 1.89 bits per heavy atom. The Morgan fingerprint density at radius 1 is 1.00 bits per heavy atom. The average molecular weight is 262 g/mol. The fraction of sp³-hybridized carbons (Fsp3) is 0.467. The molecule has 0 heterocycles. The van der Waals surface area contributed by atoms with Crippen LogP contribution in [-0.4, -0.2) is 24.9 Å². The first-order valence-electron chi connectivity index (χ1n) is 6.71. The molecule has 0 fully saturated rings. The van der Waals surface area contributed by atoms with Crippen molar-refractivity contribution in [2.24, 2.45) is 5.92 Å². The van der Waals surface area contributed by atoms with Crippen LogP contribution in [0.3, 0.4) is 0 Å². The van der Waals surface area contributed by atoms with E-state index in [4.69, 9.17) is 0 Å². The van der Waals surface area contributed by atoms with E-state index in [-0.39, 0.29) is 11.8 Å². The van der Waals surface area contributed by atoms with Gasteiger partial charge < -0.3 is 10.6 Å². The summed E-state index contributed by atoms with van der Waals surface area (Å²) in [5.74, 6) is 0.216. The predicted molar refractivity (Wildman–Crippen MR) is 76.2 cm³/mol. The first-order chi connectivity index (χ1) is 9.04. The molecule has 0 saturated heterocycles. The molecule has 1 rings (SSSR count). The van der Waals surface area contributed by atoms with E-state index in [1.807, 2.05) is 20.8 Å². The summed E-state index contributed by atoms with van der Waals surface area (Å²) in [6, 6.07) is 6.71. The molecule has 0 atom stereocenters. The van der Waals surface area contributed by atoms with Gasteiger partial charge in [0.15, 0.2) is 0 Å². The molecule has 0 aliphatic heterocycles. The van der Waals surface area contributed by atoms with Gasteiger partial charge in [0.2, 0.25) is 0 Å². The summed E-state index contributed by atoms with van der Waals surface area (Å²) in [4.78, 5) is 23.5. The molecule has 0 unspecified atom stereocenters. The summed E-state index contributed by atoms with van der Waals surface area (Å²) >= 11 is 0. The Bertz CT molecular complexity index is 424. The Kier molecular flexibility index (Phi) is 6.06. The number of carbonyl (C=O) groups excluding carboxylic acids is 2. The maximum Gasteiger partial charge on any atom is 0.251 e. The van der Waals surface area contributed by atoms with E-state index in [0.29, 0.717) is 30.1 Å². The van der Waals surface area contributed by atoms with Gasteiger partial charge in [0, 0.05) is 24.2 Å². The summed E-state index contributed by atoms with van der Waals surface area (Å²) in [7, 11) is 0. The molecule has 0 aliphatic carbocycles. The van der Waals surface area contributed by atoms with Gasteiger partial charge >= 0.3 is 0 Å². The SMILES string of the molecule is CCCNC(=O)c1ccc(C(=O)NCC(C)C)cc1. The molecule has 1 aromatic rings. The standard InChI is InChI=1S/C15H22N2O2/c1-4-9-16-14(18)12-5-7-13(8-6-12)15(19)17-10-11(2)3/h5-8,11H,4,9-10H2,1-3H3,(H,16,18)(H,17,19). The van der Waals surface area contributed by atoms with E-state index in [0.717, 1.165) is 6.42 Å². The van der Waals surface area contributed by atoms with Gasteiger partial charge in [0.1, 0.15) is 0 Å². The number of rotatable bonds is 6. The third-order valence-corrected chi connectivity index (χ3v) is 2.62. The Labute approximate surface area is 114 Å². The lowest BCUT2D eigenvalue weighted by Gasteiger charge is -2.08. The second-order valence-electron chi connectivity index (χ2n) is 4.94. The van der Waals surface area contributed by atoms with Crippen LogP contribution in [0.15, 0.2) is 24.3 Å². The fourth-order valence-corrected chi connectivity index (χ4v) is 1.51. The van der Waals surface area contributed by atoms with Gasteiger partial charge in [-0.2, -0.15) is 0 Å². The third kappa shape index (κ3) is 5.12. The van der Waals surface area contributed by atoms with E-state index in [1.54, 1.807) is 24.3 Å². The Morgan fingerprint density at radius 2 is 1.47 bits per heavy atom. The number of carbonyl (C=O) groups is 2. The van der Waals surface area contributed by atoms with E-state index in [2.05, 4.69) is 10.6 Å². The number of amides is 2. The van der Waals surface area contributed by atoms with Gasteiger partial charge in [-0.15, -0.1) is 0 Å².